The van der Waals surface area contributed by atoms with Gasteiger partial charge < -0.3 is 30.7 Å². The Morgan fingerprint density at radius 1 is 1.28 bits per heavy atom. The molecule has 0 unspecified atom stereocenters. The topological polar surface area (TPSA) is 181 Å². The normalized spacial score (nSPS) is 19.7. The van der Waals surface area contributed by atoms with Crippen LogP contribution in [0.25, 0.3) is 0 Å². The lowest BCUT2D eigenvalue weighted by Crippen LogP contribution is -2.53. The molecule has 168 valence electrons. The first-order chi connectivity index (χ1) is 15.4. The fourth-order valence-corrected chi connectivity index (χ4v) is 3.71. The molecule has 1 fully saturated rings. The number of hydrogen-bond donors (Lipinski definition) is 5. The van der Waals surface area contributed by atoms with Crippen LogP contribution in [0.4, 0.5) is 0 Å². The number of tetrazole rings is 1. The van der Waals surface area contributed by atoms with Crippen molar-refractivity contribution in [3.05, 3.63) is 35.2 Å². The van der Waals surface area contributed by atoms with E-state index in [-0.39, 0.29) is 48.5 Å². The van der Waals surface area contributed by atoms with Gasteiger partial charge in [-0.2, -0.15) is 4.80 Å². The summed E-state index contributed by atoms with van der Waals surface area (Å²) >= 11 is 0. The van der Waals surface area contributed by atoms with Crippen LogP contribution in [-0.2, 0) is 29.0 Å². The first kappa shape index (κ1) is 21.7. The largest absolute Gasteiger partial charge is 0.547 e. The number of nitrogens with one attached hydrogen (secondary N) is 3. The third kappa shape index (κ3) is 5.03. The summed E-state index contributed by atoms with van der Waals surface area (Å²) in [6.07, 6.45) is 0.847. The average molecular weight is 443 g/mol. The van der Waals surface area contributed by atoms with E-state index in [4.69, 9.17) is 4.65 Å². The number of fused-ring (bicyclic) bond motifs is 1. The van der Waals surface area contributed by atoms with Crippen LogP contribution >= 0.6 is 0 Å². The zero-order chi connectivity index (χ0) is 22.7. The maximum absolute atomic E-state index is 12.4. The zero-order valence-corrected chi connectivity index (χ0v) is 17.0. The Bertz CT molecular complexity index is 1020. The van der Waals surface area contributed by atoms with Crippen LogP contribution in [0.2, 0.25) is 0 Å². The van der Waals surface area contributed by atoms with Crippen molar-refractivity contribution in [1.82, 2.24) is 36.2 Å². The standard InChI is InChI=1S/C18H22BN7O6/c27-15(7-14-23-25-26(24-14)9-16(28)21-11-4-5-20-8-11)22-13-6-10-2-1-3-12(18(29)30)17(10)32-19(13)31/h1-3,11,13,20,31H,4-9H2,(H,21,28)(H,22,27)(H,29,30)/t11-,13-/m0/s1. The molecule has 14 heteroatoms. The molecule has 2 aliphatic rings. The van der Waals surface area contributed by atoms with Crippen molar-refractivity contribution in [3.8, 4) is 5.75 Å². The second-order valence-electron chi connectivity index (χ2n) is 7.66. The molecule has 2 aromatic rings. The molecule has 2 aliphatic heterocycles. The number of para-hydroxylation sites is 1. The van der Waals surface area contributed by atoms with Crippen LogP contribution in [0, 0.1) is 0 Å². The minimum atomic E-state index is -1.41. The molecule has 1 aromatic carbocycles. The summed E-state index contributed by atoms with van der Waals surface area (Å²) in [5.41, 5.74) is 0.508. The molecule has 1 aromatic heterocycles. The third-order valence-electron chi connectivity index (χ3n) is 5.22. The predicted octanol–water partition coefficient (Wildman–Crippen LogP) is -2.47. The van der Waals surface area contributed by atoms with Crippen LogP contribution in [0.3, 0.4) is 0 Å². The van der Waals surface area contributed by atoms with E-state index >= 15 is 0 Å². The molecule has 1 saturated heterocycles. The molecule has 32 heavy (non-hydrogen) atoms. The SMILES string of the molecule is O=C(Cn1nnc(CC(=O)N[C@H]2Cc3cccc(C(=O)O)c3OB2O)n1)N[C@H]1CCNC1. The summed E-state index contributed by atoms with van der Waals surface area (Å²) in [6.45, 7) is 1.47. The molecular formula is C18H22BN7O6. The Morgan fingerprint density at radius 3 is 2.88 bits per heavy atom. The number of carbonyl (C=O) groups is 3. The minimum Gasteiger partial charge on any atom is -0.534 e. The molecule has 2 atom stereocenters. The maximum Gasteiger partial charge on any atom is 0.547 e. The van der Waals surface area contributed by atoms with E-state index in [1.165, 1.54) is 6.07 Å². The van der Waals surface area contributed by atoms with Crippen molar-refractivity contribution >= 4 is 24.9 Å². The number of aromatic nitrogens is 4. The molecular weight excluding hydrogens is 421 g/mol. The van der Waals surface area contributed by atoms with E-state index in [0.29, 0.717) is 5.56 Å². The maximum atomic E-state index is 12.4. The van der Waals surface area contributed by atoms with Gasteiger partial charge in [0.25, 0.3) is 0 Å². The van der Waals surface area contributed by atoms with Crippen LogP contribution in [-0.4, -0.2) is 80.3 Å². The second-order valence-corrected chi connectivity index (χ2v) is 7.66. The number of carboxylic acid groups (broad SMARTS) is 1. The molecule has 0 aliphatic carbocycles. The number of carbonyl (C=O) groups excluding carboxylic acids is 2. The average Bonchev–Trinajstić information content (AvgIpc) is 3.40. The molecule has 0 saturated carbocycles. The smallest absolute Gasteiger partial charge is 0.534 e. The number of aromatic carboxylic acids is 1. The Balaban J connectivity index is 1.31. The Labute approximate surface area is 182 Å². The van der Waals surface area contributed by atoms with E-state index in [2.05, 4.69) is 31.4 Å². The summed E-state index contributed by atoms with van der Waals surface area (Å²) in [4.78, 5) is 36.9. The molecule has 4 rings (SSSR count). The van der Waals surface area contributed by atoms with Gasteiger partial charge >= 0.3 is 13.1 Å². The van der Waals surface area contributed by atoms with Crippen molar-refractivity contribution in [2.24, 2.45) is 0 Å². The third-order valence-corrected chi connectivity index (χ3v) is 5.22. The van der Waals surface area contributed by atoms with Gasteiger partial charge in [-0.15, -0.1) is 10.2 Å². The van der Waals surface area contributed by atoms with Gasteiger partial charge in [0, 0.05) is 12.6 Å². The summed E-state index contributed by atoms with van der Waals surface area (Å²) in [6, 6.07) is 4.71. The first-order valence-electron chi connectivity index (χ1n) is 10.1. The highest BCUT2D eigenvalue weighted by Crippen LogP contribution is 2.30. The molecule has 3 heterocycles. The van der Waals surface area contributed by atoms with Crippen molar-refractivity contribution in [2.75, 3.05) is 13.1 Å². The van der Waals surface area contributed by atoms with Crippen LogP contribution in [0.15, 0.2) is 18.2 Å². The van der Waals surface area contributed by atoms with Gasteiger partial charge in [-0.1, -0.05) is 12.1 Å². The number of nitrogens with zero attached hydrogens (tertiary/aromatic N) is 4. The predicted molar refractivity (Wildman–Crippen MR) is 109 cm³/mol. The Hall–Kier alpha value is -3.52. The summed E-state index contributed by atoms with van der Waals surface area (Å²) in [7, 11) is -1.41. The van der Waals surface area contributed by atoms with Gasteiger partial charge in [-0.3, -0.25) is 9.59 Å². The lowest BCUT2D eigenvalue weighted by atomic mass is 9.72. The minimum absolute atomic E-state index is 0.0552. The molecule has 5 N–H and O–H groups in total. The van der Waals surface area contributed by atoms with Gasteiger partial charge in [0.05, 0.1) is 17.9 Å². The van der Waals surface area contributed by atoms with Gasteiger partial charge in [-0.05, 0) is 36.2 Å². The summed E-state index contributed by atoms with van der Waals surface area (Å²) in [5.74, 6) is -2.45. The molecule has 2 amide bonds. The van der Waals surface area contributed by atoms with E-state index in [1.54, 1.807) is 12.1 Å². The van der Waals surface area contributed by atoms with E-state index in [1.807, 2.05) is 0 Å². The monoisotopic (exact) mass is 443 g/mol. The zero-order valence-electron chi connectivity index (χ0n) is 17.0. The highest BCUT2D eigenvalue weighted by atomic mass is 16.5. The second kappa shape index (κ2) is 9.32. The van der Waals surface area contributed by atoms with Crippen molar-refractivity contribution in [2.45, 2.75) is 37.8 Å². The van der Waals surface area contributed by atoms with Gasteiger partial charge in [0.1, 0.15) is 12.3 Å². The highest BCUT2D eigenvalue weighted by Gasteiger charge is 2.37. The fraction of sp³-hybridized carbons (Fsp3) is 0.444. The van der Waals surface area contributed by atoms with Gasteiger partial charge in [0.15, 0.2) is 5.82 Å². The van der Waals surface area contributed by atoms with E-state index in [0.717, 1.165) is 24.3 Å². The lowest BCUT2D eigenvalue weighted by molar-refractivity contribution is -0.122. The van der Waals surface area contributed by atoms with Crippen molar-refractivity contribution in [1.29, 1.82) is 0 Å². The van der Waals surface area contributed by atoms with Gasteiger partial charge in [-0.25, -0.2) is 4.79 Å². The fourth-order valence-electron chi connectivity index (χ4n) is 3.71. The number of carboxylic acids is 1. The summed E-state index contributed by atoms with van der Waals surface area (Å²) < 4.78 is 5.35. The Morgan fingerprint density at radius 2 is 2.12 bits per heavy atom. The molecule has 0 radical (unpaired) electrons. The Kier molecular flexibility index (Phi) is 6.32. The number of rotatable bonds is 7. The number of hydrogen-bond acceptors (Lipinski definition) is 9. The lowest BCUT2D eigenvalue weighted by Gasteiger charge is -2.28. The highest BCUT2D eigenvalue weighted by molar-refractivity contribution is 6.47. The van der Waals surface area contributed by atoms with E-state index in [9.17, 15) is 24.5 Å². The molecule has 0 spiro atoms. The first-order valence-corrected chi connectivity index (χ1v) is 10.1. The quantitative estimate of drug-likeness (QED) is 0.288. The number of benzene rings is 1. The molecule has 13 nitrogen and oxygen atoms in total. The van der Waals surface area contributed by atoms with Crippen LogP contribution in [0.5, 0.6) is 5.75 Å². The number of amides is 2. The van der Waals surface area contributed by atoms with Gasteiger partial charge in [0.2, 0.25) is 11.8 Å². The van der Waals surface area contributed by atoms with E-state index < -0.39 is 24.9 Å². The van der Waals surface area contributed by atoms with Crippen LogP contribution in [0.1, 0.15) is 28.2 Å². The van der Waals surface area contributed by atoms with Crippen molar-refractivity contribution < 1.29 is 29.2 Å². The van der Waals surface area contributed by atoms with Crippen molar-refractivity contribution in [3.63, 3.8) is 0 Å². The molecule has 0 bridgehead atoms. The summed E-state index contributed by atoms with van der Waals surface area (Å²) in [5, 5.41) is 39.8. The van der Waals surface area contributed by atoms with Crippen LogP contribution < -0.4 is 20.6 Å².